The highest BCUT2D eigenvalue weighted by Gasteiger charge is 2.17. The molecule has 0 unspecified atom stereocenters. The van der Waals surface area contributed by atoms with Crippen LogP contribution >= 0.6 is 0 Å². The molecule has 0 amide bonds. The number of phenolic OH excluding ortho intramolecular Hbond substituents is 1. The van der Waals surface area contributed by atoms with E-state index in [-0.39, 0.29) is 11.4 Å². The lowest BCUT2D eigenvalue weighted by atomic mass is 10.2. The zero-order valence-electron chi connectivity index (χ0n) is 9.87. The normalized spacial score (nSPS) is 10.5. The van der Waals surface area contributed by atoms with Crippen LogP contribution in [0.3, 0.4) is 0 Å². The molecular weight excluding hydrogens is 234 g/mol. The summed E-state index contributed by atoms with van der Waals surface area (Å²) >= 11 is 0. The SMILES string of the molecule is CCc1c(C(=O)O)nnn1Cc1ccc(O)cc1. The molecule has 2 aromatic rings. The molecule has 0 saturated carbocycles. The highest BCUT2D eigenvalue weighted by molar-refractivity contribution is 5.86. The molecule has 6 nitrogen and oxygen atoms in total. The van der Waals surface area contributed by atoms with Crippen LogP contribution in [0.2, 0.25) is 0 Å². The zero-order valence-corrected chi connectivity index (χ0v) is 9.87. The topological polar surface area (TPSA) is 88.2 Å². The van der Waals surface area contributed by atoms with Crippen LogP contribution in [0.1, 0.15) is 28.7 Å². The first-order valence-corrected chi connectivity index (χ1v) is 5.55. The Labute approximate surface area is 103 Å². The van der Waals surface area contributed by atoms with E-state index in [1.54, 1.807) is 28.9 Å². The second-order valence-corrected chi connectivity index (χ2v) is 3.87. The van der Waals surface area contributed by atoms with Crippen molar-refractivity contribution in [2.24, 2.45) is 0 Å². The lowest BCUT2D eigenvalue weighted by molar-refractivity contribution is 0.0689. The number of phenols is 1. The van der Waals surface area contributed by atoms with Gasteiger partial charge < -0.3 is 10.2 Å². The number of hydrogen-bond acceptors (Lipinski definition) is 4. The fourth-order valence-corrected chi connectivity index (χ4v) is 1.75. The number of hydrogen-bond donors (Lipinski definition) is 2. The molecule has 0 aliphatic heterocycles. The first-order valence-electron chi connectivity index (χ1n) is 5.55. The maximum absolute atomic E-state index is 10.9. The quantitative estimate of drug-likeness (QED) is 0.850. The molecule has 1 aromatic carbocycles. The van der Waals surface area contributed by atoms with Crippen LogP contribution in [0, 0.1) is 0 Å². The van der Waals surface area contributed by atoms with E-state index in [0.29, 0.717) is 18.7 Å². The van der Waals surface area contributed by atoms with Crippen molar-refractivity contribution in [3.05, 3.63) is 41.2 Å². The smallest absolute Gasteiger partial charge is 0.358 e. The molecule has 2 rings (SSSR count). The maximum Gasteiger partial charge on any atom is 0.358 e. The van der Waals surface area contributed by atoms with E-state index in [1.807, 2.05) is 6.92 Å². The molecule has 0 aliphatic carbocycles. The summed E-state index contributed by atoms with van der Waals surface area (Å²) in [6.45, 7) is 2.29. The Bertz CT molecular complexity index is 560. The summed E-state index contributed by atoms with van der Waals surface area (Å²) in [6.07, 6.45) is 0.548. The Morgan fingerprint density at radius 1 is 1.33 bits per heavy atom. The summed E-state index contributed by atoms with van der Waals surface area (Å²) < 4.78 is 1.57. The third-order valence-corrected chi connectivity index (χ3v) is 2.64. The molecule has 0 bridgehead atoms. The van der Waals surface area contributed by atoms with Crippen molar-refractivity contribution in [3.8, 4) is 5.75 Å². The van der Waals surface area contributed by atoms with E-state index in [1.165, 1.54) is 0 Å². The van der Waals surface area contributed by atoms with E-state index in [2.05, 4.69) is 10.3 Å². The van der Waals surface area contributed by atoms with Crippen molar-refractivity contribution in [2.75, 3.05) is 0 Å². The van der Waals surface area contributed by atoms with Gasteiger partial charge in [0, 0.05) is 0 Å². The lowest BCUT2D eigenvalue weighted by Crippen LogP contribution is -2.08. The van der Waals surface area contributed by atoms with Gasteiger partial charge in [-0.15, -0.1) is 5.10 Å². The third kappa shape index (κ3) is 2.32. The van der Waals surface area contributed by atoms with Crippen molar-refractivity contribution in [1.29, 1.82) is 0 Å². The summed E-state index contributed by atoms with van der Waals surface area (Å²) in [6, 6.07) is 6.68. The summed E-state index contributed by atoms with van der Waals surface area (Å²) in [5.74, 6) is -0.872. The largest absolute Gasteiger partial charge is 0.508 e. The van der Waals surface area contributed by atoms with Crippen LogP contribution in [0.15, 0.2) is 24.3 Å². The van der Waals surface area contributed by atoms with Gasteiger partial charge in [0.05, 0.1) is 12.2 Å². The van der Waals surface area contributed by atoms with E-state index < -0.39 is 5.97 Å². The van der Waals surface area contributed by atoms with Crippen molar-refractivity contribution >= 4 is 5.97 Å². The van der Waals surface area contributed by atoms with E-state index in [4.69, 9.17) is 5.11 Å². The van der Waals surface area contributed by atoms with E-state index in [9.17, 15) is 9.90 Å². The van der Waals surface area contributed by atoms with Crippen molar-refractivity contribution < 1.29 is 15.0 Å². The van der Waals surface area contributed by atoms with Crippen molar-refractivity contribution in [1.82, 2.24) is 15.0 Å². The molecule has 0 saturated heterocycles. The number of carboxylic acid groups (broad SMARTS) is 1. The monoisotopic (exact) mass is 247 g/mol. The number of aromatic nitrogens is 3. The van der Waals surface area contributed by atoms with Gasteiger partial charge in [0.1, 0.15) is 5.75 Å². The maximum atomic E-state index is 10.9. The minimum atomic E-state index is -1.07. The Morgan fingerprint density at radius 2 is 2.00 bits per heavy atom. The molecule has 0 radical (unpaired) electrons. The number of rotatable bonds is 4. The predicted octanol–water partition coefficient (Wildman–Crippen LogP) is 1.29. The van der Waals surface area contributed by atoms with Crippen LogP contribution in [0.5, 0.6) is 5.75 Å². The first kappa shape index (κ1) is 12.1. The number of aromatic carboxylic acids is 1. The number of benzene rings is 1. The predicted molar refractivity (Wildman–Crippen MR) is 63.6 cm³/mol. The molecule has 0 atom stereocenters. The van der Waals surface area contributed by atoms with Crippen LogP contribution in [0.25, 0.3) is 0 Å². The van der Waals surface area contributed by atoms with Gasteiger partial charge in [-0.1, -0.05) is 24.3 Å². The summed E-state index contributed by atoms with van der Waals surface area (Å²) in [4.78, 5) is 10.9. The number of nitrogens with zero attached hydrogens (tertiary/aromatic N) is 3. The van der Waals surface area contributed by atoms with Crippen LogP contribution in [-0.4, -0.2) is 31.2 Å². The Balaban J connectivity index is 2.29. The van der Waals surface area contributed by atoms with Gasteiger partial charge in [-0.3, -0.25) is 0 Å². The molecule has 1 aromatic heterocycles. The van der Waals surface area contributed by atoms with E-state index in [0.717, 1.165) is 5.56 Å². The standard InChI is InChI=1S/C12H13N3O3/c1-2-10-11(12(17)18)13-14-15(10)7-8-3-5-9(16)6-4-8/h3-6,16H,2,7H2,1H3,(H,17,18). The highest BCUT2D eigenvalue weighted by Crippen LogP contribution is 2.13. The average molecular weight is 247 g/mol. The molecule has 0 aliphatic rings. The van der Waals surface area contributed by atoms with Gasteiger partial charge in [0.25, 0.3) is 0 Å². The highest BCUT2D eigenvalue weighted by atomic mass is 16.4. The second-order valence-electron chi connectivity index (χ2n) is 3.87. The minimum absolute atomic E-state index is 0.00345. The molecule has 0 spiro atoms. The fraction of sp³-hybridized carbons (Fsp3) is 0.250. The third-order valence-electron chi connectivity index (χ3n) is 2.64. The number of aromatic hydroxyl groups is 1. The van der Waals surface area contributed by atoms with Crippen molar-refractivity contribution in [3.63, 3.8) is 0 Å². The number of carbonyl (C=O) groups is 1. The molecule has 0 fully saturated rings. The molecule has 2 N–H and O–H groups in total. The van der Waals surface area contributed by atoms with Crippen LogP contribution in [0.4, 0.5) is 0 Å². The van der Waals surface area contributed by atoms with Gasteiger partial charge in [0.15, 0.2) is 5.69 Å². The Morgan fingerprint density at radius 3 is 2.56 bits per heavy atom. The first-order chi connectivity index (χ1) is 8.61. The molecule has 94 valence electrons. The molecule has 1 heterocycles. The minimum Gasteiger partial charge on any atom is -0.508 e. The van der Waals surface area contributed by atoms with Crippen LogP contribution < -0.4 is 0 Å². The van der Waals surface area contributed by atoms with Crippen LogP contribution in [-0.2, 0) is 13.0 Å². The lowest BCUT2D eigenvalue weighted by Gasteiger charge is -2.05. The number of carboxylic acids is 1. The fourth-order valence-electron chi connectivity index (χ4n) is 1.75. The van der Waals surface area contributed by atoms with Gasteiger partial charge in [-0.2, -0.15) is 0 Å². The van der Waals surface area contributed by atoms with Gasteiger partial charge in [-0.25, -0.2) is 9.48 Å². The molecule has 6 heteroatoms. The second kappa shape index (κ2) is 4.87. The Hall–Kier alpha value is -2.37. The average Bonchev–Trinajstić information content (AvgIpc) is 2.75. The van der Waals surface area contributed by atoms with E-state index >= 15 is 0 Å². The molecule has 18 heavy (non-hydrogen) atoms. The summed E-state index contributed by atoms with van der Waals surface area (Å²) in [5.41, 5.74) is 1.51. The van der Waals surface area contributed by atoms with Crippen molar-refractivity contribution in [2.45, 2.75) is 19.9 Å². The molecular formula is C12H13N3O3. The zero-order chi connectivity index (χ0) is 13.1. The van der Waals surface area contributed by atoms with Gasteiger partial charge in [0.2, 0.25) is 0 Å². The Kier molecular flexibility index (Phi) is 3.27. The summed E-state index contributed by atoms with van der Waals surface area (Å²) in [7, 11) is 0. The summed E-state index contributed by atoms with van der Waals surface area (Å²) in [5, 5.41) is 25.7. The van der Waals surface area contributed by atoms with Gasteiger partial charge >= 0.3 is 5.97 Å². The van der Waals surface area contributed by atoms with Gasteiger partial charge in [-0.05, 0) is 24.1 Å².